The molecule has 2 aromatic heterocycles. The van der Waals surface area contributed by atoms with Crippen molar-refractivity contribution in [2.75, 3.05) is 5.73 Å². The lowest BCUT2D eigenvalue weighted by Crippen LogP contribution is -2.00. The molecule has 18 heavy (non-hydrogen) atoms. The van der Waals surface area contributed by atoms with Crippen molar-refractivity contribution in [3.63, 3.8) is 0 Å². The molecule has 0 aliphatic carbocycles. The zero-order chi connectivity index (χ0) is 12.4. The maximum Gasteiger partial charge on any atom is 0.113 e. The van der Waals surface area contributed by atoms with Crippen LogP contribution in [0.5, 0.6) is 0 Å². The normalized spacial score (nSPS) is 10.4. The van der Waals surface area contributed by atoms with Crippen molar-refractivity contribution in [1.82, 2.24) is 20.0 Å². The van der Waals surface area contributed by atoms with Crippen molar-refractivity contribution in [2.24, 2.45) is 0 Å². The fourth-order valence-electron chi connectivity index (χ4n) is 1.76. The number of rotatable bonds is 2. The highest BCUT2D eigenvalue weighted by Crippen LogP contribution is 2.20. The Labute approximate surface area is 104 Å². The average Bonchev–Trinajstić information content (AvgIpc) is 2.89. The molecule has 0 aliphatic rings. The predicted molar refractivity (Wildman–Crippen MR) is 69.0 cm³/mol. The molecule has 0 fully saturated rings. The Morgan fingerprint density at radius 3 is 2.67 bits per heavy atom. The van der Waals surface area contributed by atoms with Gasteiger partial charge in [0.05, 0.1) is 17.6 Å². The maximum atomic E-state index is 5.76. The van der Waals surface area contributed by atoms with Gasteiger partial charge in [0.15, 0.2) is 0 Å². The topological polar surface area (TPSA) is 69.6 Å². The largest absolute Gasteiger partial charge is 0.399 e. The van der Waals surface area contributed by atoms with Crippen molar-refractivity contribution in [3.05, 3.63) is 54.9 Å². The number of anilines is 1. The molecule has 0 unspecified atom stereocenters. The van der Waals surface area contributed by atoms with Gasteiger partial charge in [-0.3, -0.25) is 4.98 Å². The molecule has 88 valence electrons. The summed E-state index contributed by atoms with van der Waals surface area (Å²) in [6.07, 6.45) is 3.35. The summed E-state index contributed by atoms with van der Waals surface area (Å²) < 4.78 is 1.74. The molecule has 2 N–H and O–H groups in total. The summed E-state index contributed by atoms with van der Waals surface area (Å²) in [5.41, 5.74) is 8.94. The number of aromatic nitrogens is 4. The van der Waals surface area contributed by atoms with E-state index >= 15 is 0 Å². The van der Waals surface area contributed by atoms with Crippen molar-refractivity contribution >= 4 is 5.69 Å². The van der Waals surface area contributed by atoms with Crippen LogP contribution >= 0.6 is 0 Å². The summed E-state index contributed by atoms with van der Waals surface area (Å²) in [7, 11) is 0. The molecule has 0 atom stereocenters. The van der Waals surface area contributed by atoms with Gasteiger partial charge in [-0.15, -0.1) is 5.10 Å². The Hall–Kier alpha value is -2.69. The molecule has 0 aliphatic heterocycles. The fraction of sp³-hybridized carbons (Fsp3) is 0. The second kappa shape index (κ2) is 4.29. The average molecular weight is 237 g/mol. The smallest absolute Gasteiger partial charge is 0.113 e. The van der Waals surface area contributed by atoms with Gasteiger partial charge >= 0.3 is 0 Å². The molecular weight excluding hydrogens is 226 g/mol. The van der Waals surface area contributed by atoms with Gasteiger partial charge in [-0.1, -0.05) is 23.4 Å². The number of pyridine rings is 1. The molecule has 0 saturated carbocycles. The summed E-state index contributed by atoms with van der Waals surface area (Å²) in [6.45, 7) is 0. The first kappa shape index (κ1) is 10.5. The van der Waals surface area contributed by atoms with Gasteiger partial charge in [-0.05, 0) is 24.3 Å². The third-order valence-electron chi connectivity index (χ3n) is 2.60. The molecule has 5 heteroatoms. The van der Waals surface area contributed by atoms with Crippen LogP contribution in [0.15, 0.2) is 54.9 Å². The lowest BCUT2D eigenvalue weighted by atomic mass is 10.2. The van der Waals surface area contributed by atoms with Gasteiger partial charge in [-0.2, -0.15) is 0 Å². The number of hydrogen-bond donors (Lipinski definition) is 1. The molecule has 0 amide bonds. The monoisotopic (exact) mass is 237 g/mol. The number of nitrogens with two attached hydrogens (primary N) is 1. The van der Waals surface area contributed by atoms with Gasteiger partial charge in [0.1, 0.15) is 5.69 Å². The molecule has 0 bridgehead atoms. The minimum absolute atomic E-state index is 0.667. The summed E-state index contributed by atoms with van der Waals surface area (Å²) in [5, 5.41) is 8.02. The van der Waals surface area contributed by atoms with Crippen LogP contribution in [0.25, 0.3) is 17.1 Å². The van der Waals surface area contributed by atoms with Crippen LogP contribution in [0.4, 0.5) is 5.69 Å². The highest BCUT2D eigenvalue weighted by molar-refractivity contribution is 5.60. The van der Waals surface area contributed by atoms with E-state index in [2.05, 4.69) is 15.3 Å². The third-order valence-corrected chi connectivity index (χ3v) is 2.60. The van der Waals surface area contributed by atoms with E-state index in [1.165, 1.54) is 0 Å². The Kier molecular flexibility index (Phi) is 2.49. The van der Waals surface area contributed by atoms with E-state index in [1.54, 1.807) is 29.2 Å². The second-order valence-electron chi connectivity index (χ2n) is 3.84. The van der Waals surface area contributed by atoms with E-state index in [1.807, 2.05) is 30.3 Å². The number of hydrogen-bond acceptors (Lipinski definition) is 4. The number of benzene rings is 1. The van der Waals surface area contributed by atoms with Gasteiger partial charge < -0.3 is 5.73 Å². The lowest BCUT2D eigenvalue weighted by Gasteiger charge is -2.05. The van der Waals surface area contributed by atoms with Crippen LogP contribution in [-0.2, 0) is 0 Å². The van der Waals surface area contributed by atoms with Crippen molar-refractivity contribution in [2.45, 2.75) is 0 Å². The fourth-order valence-corrected chi connectivity index (χ4v) is 1.76. The zero-order valence-corrected chi connectivity index (χ0v) is 9.56. The first-order valence-corrected chi connectivity index (χ1v) is 5.52. The highest BCUT2D eigenvalue weighted by atomic mass is 15.4. The molecular formula is C13H11N5. The minimum Gasteiger partial charge on any atom is -0.399 e. The molecule has 0 spiro atoms. The standard InChI is InChI=1S/C13H11N5/c14-10-6-7-15-12(8-10)13-9-16-17-18(13)11-4-2-1-3-5-11/h1-9H,(H2,14,15). The Morgan fingerprint density at radius 2 is 1.89 bits per heavy atom. The van der Waals surface area contributed by atoms with Crippen LogP contribution < -0.4 is 5.73 Å². The number of nitrogen functional groups attached to an aromatic ring is 1. The SMILES string of the molecule is Nc1ccnc(-c2cnnn2-c2ccccc2)c1. The predicted octanol–water partition coefficient (Wildman–Crippen LogP) is 1.91. The molecule has 5 nitrogen and oxygen atoms in total. The molecule has 1 aromatic carbocycles. The maximum absolute atomic E-state index is 5.76. The van der Waals surface area contributed by atoms with Gasteiger partial charge in [0, 0.05) is 11.9 Å². The highest BCUT2D eigenvalue weighted by Gasteiger charge is 2.09. The van der Waals surface area contributed by atoms with E-state index in [9.17, 15) is 0 Å². The zero-order valence-electron chi connectivity index (χ0n) is 9.56. The summed E-state index contributed by atoms with van der Waals surface area (Å²) in [6, 6.07) is 13.3. The van der Waals surface area contributed by atoms with Crippen molar-refractivity contribution < 1.29 is 0 Å². The van der Waals surface area contributed by atoms with Crippen LogP contribution in [0.3, 0.4) is 0 Å². The lowest BCUT2D eigenvalue weighted by molar-refractivity contribution is 0.806. The Balaban J connectivity index is 2.13. The van der Waals surface area contributed by atoms with Crippen LogP contribution in [-0.4, -0.2) is 20.0 Å². The van der Waals surface area contributed by atoms with E-state index in [4.69, 9.17) is 5.73 Å². The Bertz CT molecular complexity index is 660. The summed E-state index contributed by atoms with van der Waals surface area (Å²) in [5.74, 6) is 0. The molecule has 0 radical (unpaired) electrons. The molecule has 3 rings (SSSR count). The van der Waals surface area contributed by atoms with Gasteiger partial charge in [0.25, 0.3) is 0 Å². The molecule has 3 aromatic rings. The van der Waals surface area contributed by atoms with Crippen molar-refractivity contribution in [3.8, 4) is 17.1 Å². The van der Waals surface area contributed by atoms with Crippen LogP contribution in [0, 0.1) is 0 Å². The second-order valence-corrected chi connectivity index (χ2v) is 3.84. The number of para-hydroxylation sites is 1. The van der Waals surface area contributed by atoms with E-state index < -0.39 is 0 Å². The quantitative estimate of drug-likeness (QED) is 0.739. The molecule has 0 saturated heterocycles. The van der Waals surface area contributed by atoms with E-state index in [0.29, 0.717) is 5.69 Å². The van der Waals surface area contributed by atoms with Crippen LogP contribution in [0.1, 0.15) is 0 Å². The summed E-state index contributed by atoms with van der Waals surface area (Å²) in [4.78, 5) is 4.29. The first-order valence-electron chi connectivity index (χ1n) is 5.52. The van der Waals surface area contributed by atoms with Crippen molar-refractivity contribution in [1.29, 1.82) is 0 Å². The molecule has 2 heterocycles. The first-order chi connectivity index (χ1) is 8.84. The van der Waals surface area contributed by atoms with E-state index in [0.717, 1.165) is 17.1 Å². The summed E-state index contributed by atoms with van der Waals surface area (Å²) >= 11 is 0. The number of nitrogens with zero attached hydrogens (tertiary/aromatic N) is 4. The van der Waals surface area contributed by atoms with Gasteiger partial charge in [-0.25, -0.2) is 4.68 Å². The van der Waals surface area contributed by atoms with Crippen LogP contribution in [0.2, 0.25) is 0 Å². The van der Waals surface area contributed by atoms with E-state index in [-0.39, 0.29) is 0 Å². The third kappa shape index (κ3) is 1.82. The van der Waals surface area contributed by atoms with Gasteiger partial charge in [0.2, 0.25) is 0 Å². The Morgan fingerprint density at radius 1 is 1.06 bits per heavy atom. The minimum atomic E-state index is 0.667.